The van der Waals surface area contributed by atoms with E-state index in [4.69, 9.17) is 0 Å². The number of hydrogen-bond donors (Lipinski definition) is 2. The number of halogens is 2. The molecule has 0 radical (unpaired) electrons. The molecule has 5 heteroatoms. The number of anilines is 1. The molecular weight excluding hydrogens is 313 g/mol. The van der Waals surface area contributed by atoms with Crippen LogP contribution >= 0.6 is 15.9 Å². The molecule has 2 aromatic rings. The Labute approximate surface area is 118 Å². The van der Waals surface area contributed by atoms with Gasteiger partial charge in [-0.25, -0.2) is 4.39 Å². The van der Waals surface area contributed by atoms with E-state index < -0.39 is 11.7 Å². The number of rotatable bonds is 2. The molecule has 19 heavy (non-hydrogen) atoms. The second-order valence-corrected chi connectivity index (χ2v) is 4.99. The Hall–Kier alpha value is -1.88. The zero-order chi connectivity index (χ0) is 14.0. The summed E-state index contributed by atoms with van der Waals surface area (Å²) in [5.74, 6) is -0.842. The molecule has 0 spiro atoms. The quantitative estimate of drug-likeness (QED) is 0.881. The van der Waals surface area contributed by atoms with Crippen LogP contribution in [0.1, 0.15) is 15.9 Å². The van der Waals surface area contributed by atoms with Crippen LogP contribution in [0.15, 0.2) is 40.9 Å². The number of benzene rings is 2. The minimum absolute atomic E-state index is 0.0858. The van der Waals surface area contributed by atoms with Gasteiger partial charge < -0.3 is 10.4 Å². The predicted octanol–water partition coefficient (Wildman–Crippen LogP) is 3.85. The van der Waals surface area contributed by atoms with Crippen LogP contribution in [0, 0.1) is 12.7 Å². The summed E-state index contributed by atoms with van der Waals surface area (Å²) in [6.45, 7) is 1.70. The van der Waals surface area contributed by atoms with Crippen LogP contribution in [-0.2, 0) is 0 Å². The summed E-state index contributed by atoms with van der Waals surface area (Å²) in [6.07, 6.45) is 0. The normalized spacial score (nSPS) is 10.3. The van der Waals surface area contributed by atoms with Crippen molar-refractivity contribution in [2.75, 3.05) is 5.32 Å². The van der Waals surface area contributed by atoms with Crippen LogP contribution in [-0.4, -0.2) is 11.0 Å². The predicted molar refractivity (Wildman–Crippen MR) is 74.9 cm³/mol. The van der Waals surface area contributed by atoms with E-state index in [2.05, 4.69) is 21.2 Å². The fraction of sp³-hybridized carbons (Fsp3) is 0.0714. The molecule has 98 valence electrons. The summed E-state index contributed by atoms with van der Waals surface area (Å²) in [7, 11) is 0. The molecule has 0 aliphatic carbocycles. The molecule has 0 aromatic heterocycles. The van der Waals surface area contributed by atoms with Crippen LogP contribution in [0.3, 0.4) is 0 Å². The van der Waals surface area contributed by atoms with E-state index in [1.54, 1.807) is 13.0 Å². The molecule has 1 amide bonds. The lowest BCUT2D eigenvalue weighted by Gasteiger charge is -2.09. The van der Waals surface area contributed by atoms with E-state index in [0.29, 0.717) is 15.6 Å². The molecule has 2 rings (SSSR count). The van der Waals surface area contributed by atoms with E-state index in [1.807, 2.05) is 0 Å². The van der Waals surface area contributed by atoms with Gasteiger partial charge in [-0.05, 0) is 48.9 Å². The van der Waals surface area contributed by atoms with Gasteiger partial charge in [0.15, 0.2) is 0 Å². The highest BCUT2D eigenvalue weighted by Crippen LogP contribution is 2.22. The van der Waals surface area contributed by atoms with Crippen LogP contribution in [0.25, 0.3) is 0 Å². The molecule has 3 nitrogen and oxygen atoms in total. The second-order valence-electron chi connectivity index (χ2n) is 4.08. The molecule has 0 heterocycles. The third kappa shape index (κ3) is 3.12. The first-order valence-electron chi connectivity index (χ1n) is 5.53. The van der Waals surface area contributed by atoms with Gasteiger partial charge in [0.25, 0.3) is 5.91 Å². The fourth-order valence-electron chi connectivity index (χ4n) is 1.69. The Morgan fingerprint density at radius 3 is 2.68 bits per heavy atom. The van der Waals surface area contributed by atoms with Gasteiger partial charge in [-0.2, -0.15) is 0 Å². The molecule has 0 bridgehead atoms. The highest BCUT2D eigenvalue weighted by atomic mass is 79.9. The van der Waals surface area contributed by atoms with Crippen molar-refractivity contribution >= 4 is 27.5 Å². The standard InChI is InChI=1S/C14H11BrFNO2/c1-8-6-10(18)3-4-11(8)14(19)17-13-7-9(15)2-5-12(13)16/h2-7,18H,1H3,(H,17,19). The van der Waals surface area contributed by atoms with Gasteiger partial charge in [0, 0.05) is 10.0 Å². The zero-order valence-corrected chi connectivity index (χ0v) is 11.7. The number of phenols is 1. The number of carbonyl (C=O) groups is 1. The van der Waals surface area contributed by atoms with E-state index >= 15 is 0 Å². The summed E-state index contributed by atoms with van der Waals surface area (Å²) in [5, 5.41) is 11.8. The summed E-state index contributed by atoms with van der Waals surface area (Å²) in [4.78, 5) is 12.0. The van der Waals surface area contributed by atoms with E-state index in [0.717, 1.165) is 0 Å². The van der Waals surface area contributed by atoms with Crippen molar-refractivity contribution in [2.24, 2.45) is 0 Å². The third-order valence-electron chi connectivity index (χ3n) is 2.63. The Morgan fingerprint density at radius 1 is 1.26 bits per heavy atom. The number of aromatic hydroxyl groups is 1. The van der Waals surface area contributed by atoms with Crippen molar-refractivity contribution in [3.8, 4) is 5.75 Å². The molecule has 2 N–H and O–H groups in total. The Balaban J connectivity index is 2.28. The van der Waals surface area contributed by atoms with Gasteiger partial charge in [0.05, 0.1) is 5.69 Å². The monoisotopic (exact) mass is 323 g/mol. The van der Waals surface area contributed by atoms with Crippen LogP contribution in [0.5, 0.6) is 5.75 Å². The second kappa shape index (κ2) is 5.40. The van der Waals surface area contributed by atoms with E-state index in [1.165, 1.54) is 30.3 Å². The number of nitrogens with one attached hydrogen (secondary N) is 1. The summed E-state index contributed by atoms with van der Waals surface area (Å²) < 4.78 is 14.2. The number of amides is 1. The largest absolute Gasteiger partial charge is 0.508 e. The van der Waals surface area contributed by atoms with Crippen molar-refractivity contribution < 1.29 is 14.3 Å². The highest BCUT2D eigenvalue weighted by molar-refractivity contribution is 9.10. The van der Waals surface area contributed by atoms with Crippen LogP contribution in [0.4, 0.5) is 10.1 Å². The topological polar surface area (TPSA) is 49.3 Å². The smallest absolute Gasteiger partial charge is 0.256 e. The fourth-order valence-corrected chi connectivity index (χ4v) is 2.05. The zero-order valence-electron chi connectivity index (χ0n) is 10.1. The minimum atomic E-state index is -0.506. The molecule has 0 atom stereocenters. The van der Waals surface area contributed by atoms with Gasteiger partial charge in [0.1, 0.15) is 11.6 Å². The lowest BCUT2D eigenvalue weighted by Crippen LogP contribution is -2.14. The van der Waals surface area contributed by atoms with Crippen molar-refractivity contribution in [1.29, 1.82) is 0 Å². The van der Waals surface area contributed by atoms with Crippen molar-refractivity contribution in [1.82, 2.24) is 0 Å². The van der Waals surface area contributed by atoms with Crippen LogP contribution in [0.2, 0.25) is 0 Å². The Bertz CT molecular complexity index is 643. The molecule has 2 aromatic carbocycles. The van der Waals surface area contributed by atoms with E-state index in [-0.39, 0.29) is 11.4 Å². The highest BCUT2D eigenvalue weighted by Gasteiger charge is 2.12. The number of carbonyl (C=O) groups excluding carboxylic acids is 1. The maximum absolute atomic E-state index is 13.5. The first kappa shape index (κ1) is 13.5. The minimum Gasteiger partial charge on any atom is -0.508 e. The van der Waals surface area contributed by atoms with Gasteiger partial charge >= 0.3 is 0 Å². The summed E-state index contributed by atoms with van der Waals surface area (Å²) >= 11 is 3.22. The lowest BCUT2D eigenvalue weighted by molar-refractivity contribution is 0.102. The molecule has 0 saturated heterocycles. The van der Waals surface area contributed by atoms with Gasteiger partial charge in [-0.3, -0.25) is 4.79 Å². The maximum Gasteiger partial charge on any atom is 0.256 e. The Kier molecular flexibility index (Phi) is 3.85. The summed E-state index contributed by atoms with van der Waals surface area (Å²) in [5.41, 5.74) is 1.11. The van der Waals surface area contributed by atoms with Crippen LogP contribution < -0.4 is 5.32 Å². The van der Waals surface area contributed by atoms with E-state index in [9.17, 15) is 14.3 Å². The van der Waals surface area contributed by atoms with Gasteiger partial charge in [-0.15, -0.1) is 0 Å². The molecule has 0 saturated carbocycles. The molecule has 0 unspecified atom stereocenters. The average molecular weight is 324 g/mol. The number of hydrogen-bond acceptors (Lipinski definition) is 2. The number of phenolic OH excluding ortho intramolecular Hbond substituents is 1. The third-order valence-corrected chi connectivity index (χ3v) is 3.12. The first-order valence-corrected chi connectivity index (χ1v) is 6.32. The molecule has 0 aliphatic rings. The molecule has 0 aliphatic heterocycles. The first-order chi connectivity index (χ1) is 8.97. The Morgan fingerprint density at radius 2 is 2.00 bits per heavy atom. The van der Waals surface area contributed by atoms with Gasteiger partial charge in [-0.1, -0.05) is 15.9 Å². The summed E-state index contributed by atoms with van der Waals surface area (Å²) in [6, 6.07) is 8.70. The number of aryl methyl sites for hydroxylation is 1. The van der Waals surface area contributed by atoms with Crippen molar-refractivity contribution in [2.45, 2.75) is 6.92 Å². The molecule has 0 fully saturated rings. The van der Waals surface area contributed by atoms with Crippen molar-refractivity contribution in [3.63, 3.8) is 0 Å². The van der Waals surface area contributed by atoms with Crippen molar-refractivity contribution in [3.05, 3.63) is 57.8 Å². The van der Waals surface area contributed by atoms with Gasteiger partial charge in [0.2, 0.25) is 0 Å². The molecular formula is C14H11BrFNO2. The average Bonchev–Trinajstić information content (AvgIpc) is 2.33. The SMILES string of the molecule is Cc1cc(O)ccc1C(=O)Nc1cc(Br)ccc1F. The maximum atomic E-state index is 13.5. The lowest BCUT2D eigenvalue weighted by atomic mass is 10.1.